The van der Waals surface area contributed by atoms with Crippen LogP contribution in [-0.4, -0.2) is 12.1 Å². The van der Waals surface area contributed by atoms with Gasteiger partial charge in [-0.1, -0.05) is 63.3 Å². The first-order valence-corrected chi connectivity index (χ1v) is 9.00. The molecule has 2 aliphatic rings. The fourth-order valence-corrected chi connectivity index (χ4v) is 3.72. The van der Waals surface area contributed by atoms with Gasteiger partial charge in [0.05, 0.1) is 11.7 Å². The Labute approximate surface area is 150 Å². The van der Waals surface area contributed by atoms with E-state index in [0.29, 0.717) is 0 Å². The van der Waals surface area contributed by atoms with E-state index < -0.39 is 0 Å². The molecule has 2 unspecified atom stereocenters. The van der Waals surface area contributed by atoms with Crippen molar-refractivity contribution < 1.29 is 4.74 Å². The lowest BCUT2D eigenvalue weighted by Crippen LogP contribution is -2.46. The smallest absolute Gasteiger partial charge is 0.144 e. The van der Waals surface area contributed by atoms with E-state index in [1.165, 1.54) is 11.3 Å². The lowest BCUT2D eigenvalue weighted by molar-refractivity contribution is 0.218. The van der Waals surface area contributed by atoms with Crippen molar-refractivity contribution in [3.8, 4) is 5.75 Å². The molecule has 2 nitrogen and oxygen atoms in total. The third-order valence-electron chi connectivity index (χ3n) is 4.67. The van der Waals surface area contributed by atoms with E-state index in [-0.39, 0.29) is 17.6 Å². The van der Waals surface area contributed by atoms with Gasteiger partial charge in [-0.25, -0.2) is 0 Å². The van der Waals surface area contributed by atoms with Crippen LogP contribution in [0, 0.1) is 5.41 Å². The van der Waals surface area contributed by atoms with Crippen LogP contribution in [0.4, 0.5) is 11.4 Å². The second-order valence-electron chi connectivity index (χ2n) is 8.09. The van der Waals surface area contributed by atoms with Crippen molar-refractivity contribution in [2.45, 2.75) is 39.3 Å². The molecule has 0 saturated heterocycles. The van der Waals surface area contributed by atoms with Crippen molar-refractivity contribution in [1.29, 1.82) is 0 Å². The summed E-state index contributed by atoms with van der Waals surface area (Å²) in [5.74, 6) is 0.949. The van der Waals surface area contributed by atoms with Crippen LogP contribution >= 0.6 is 0 Å². The summed E-state index contributed by atoms with van der Waals surface area (Å²) in [5, 5.41) is 0. The summed E-state index contributed by atoms with van der Waals surface area (Å²) in [7, 11) is 0. The molecule has 0 aromatic heterocycles. The topological polar surface area (TPSA) is 12.5 Å². The van der Waals surface area contributed by atoms with Crippen LogP contribution in [0.5, 0.6) is 5.75 Å². The molecule has 2 aromatic rings. The Morgan fingerprint density at radius 1 is 0.960 bits per heavy atom. The van der Waals surface area contributed by atoms with Crippen molar-refractivity contribution in [2.75, 3.05) is 4.90 Å². The van der Waals surface area contributed by atoms with Gasteiger partial charge in [0.15, 0.2) is 0 Å². The van der Waals surface area contributed by atoms with Crippen molar-refractivity contribution in [2.24, 2.45) is 5.41 Å². The summed E-state index contributed by atoms with van der Waals surface area (Å²) < 4.78 is 6.22. The molecule has 1 heterocycles. The molecule has 0 bridgehead atoms. The molecule has 0 radical (unpaired) electrons. The average molecular weight is 331 g/mol. The van der Waals surface area contributed by atoms with Gasteiger partial charge >= 0.3 is 0 Å². The third-order valence-corrected chi connectivity index (χ3v) is 4.67. The number of benzene rings is 2. The van der Waals surface area contributed by atoms with Crippen LogP contribution in [0.1, 0.15) is 26.3 Å². The quantitative estimate of drug-likeness (QED) is 0.703. The molecule has 0 saturated carbocycles. The van der Waals surface area contributed by atoms with E-state index in [2.05, 4.69) is 92.4 Å². The Morgan fingerprint density at radius 2 is 1.76 bits per heavy atom. The zero-order chi connectivity index (χ0) is 17.4. The molecule has 0 spiro atoms. The number of ether oxygens (including phenoxy) is 1. The van der Waals surface area contributed by atoms with Gasteiger partial charge in [-0.3, -0.25) is 0 Å². The maximum Gasteiger partial charge on any atom is 0.144 e. The number of para-hydroxylation sites is 2. The van der Waals surface area contributed by atoms with Gasteiger partial charge in [-0.05, 0) is 47.7 Å². The first kappa shape index (κ1) is 16.0. The molecule has 25 heavy (non-hydrogen) atoms. The van der Waals surface area contributed by atoms with Crippen LogP contribution < -0.4 is 9.64 Å². The van der Waals surface area contributed by atoms with E-state index in [4.69, 9.17) is 4.74 Å². The van der Waals surface area contributed by atoms with Crippen molar-refractivity contribution >= 4 is 11.4 Å². The van der Waals surface area contributed by atoms with Crippen LogP contribution in [0.3, 0.4) is 0 Å². The normalized spacial score (nSPS) is 21.5. The number of hydrogen-bond acceptors (Lipinski definition) is 2. The van der Waals surface area contributed by atoms with Gasteiger partial charge in [0.1, 0.15) is 11.9 Å². The van der Waals surface area contributed by atoms with Gasteiger partial charge in [0.2, 0.25) is 0 Å². The highest BCUT2D eigenvalue weighted by molar-refractivity contribution is 5.73. The van der Waals surface area contributed by atoms with E-state index in [1.807, 2.05) is 6.07 Å². The number of nitrogens with zero attached hydrogens (tertiary/aromatic N) is 1. The summed E-state index contributed by atoms with van der Waals surface area (Å²) in [4.78, 5) is 2.41. The van der Waals surface area contributed by atoms with Gasteiger partial charge in [-0.2, -0.15) is 0 Å². The molecule has 0 N–H and O–H groups in total. The van der Waals surface area contributed by atoms with Gasteiger partial charge in [0.25, 0.3) is 0 Å². The lowest BCUT2D eigenvalue weighted by Gasteiger charge is -2.42. The molecule has 2 atom stereocenters. The fourth-order valence-electron chi connectivity index (χ4n) is 3.72. The van der Waals surface area contributed by atoms with E-state index in [0.717, 1.165) is 17.9 Å². The van der Waals surface area contributed by atoms with E-state index >= 15 is 0 Å². The first-order chi connectivity index (χ1) is 12.0. The maximum atomic E-state index is 6.22. The number of fused-ring (bicyclic) bond motifs is 2. The summed E-state index contributed by atoms with van der Waals surface area (Å²) in [6.45, 7) is 6.86. The second kappa shape index (κ2) is 6.11. The molecule has 0 fully saturated rings. The van der Waals surface area contributed by atoms with Crippen LogP contribution in [0.2, 0.25) is 0 Å². The van der Waals surface area contributed by atoms with Gasteiger partial charge in [-0.15, -0.1) is 0 Å². The zero-order valence-electron chi connectivity index (χ0n) is 15.1. The zero-order valence-corrected chi connectivity index (χ0v) is 15.1. The molecule has 0 amide bonds. The van der Waals surface area contributed by atoms with E-state index in [9.17, 15) is 0 Å². The molecule has 2 heteroatoms. The average Bonchev–Trinajstić information content (AvgIpc) is 2.58. The minimum Gasteiger partial charge on any atom is -0.482 e. The second-order valence-corrected chi connectivity index (χ2v) is 8.09. The minimum absolute atomic E-state index is 0.0474. The number of hydrogen-bond donors (Lipinski definition) is 0. The Hall–Kier alpha value is -2.48. The van der Waals surface area contributed by atoms with E-state index in [1.54, 1.807) is 0 Å². The summed E-state index contributed by atoms with van der Waals surface area (Å²) in [6.07, 6.45) is 9.68. The molecule has 1 aliphatic heterocycles. The highest BCUT2D eigenvalue weighted by atomic mass is 16.5. The summed E-state index contributed by atoms with van der Waals surface area (Å²) in [6, 6.07) is 17.4. The molecule has 2 aromatic carbocycles. The van der Waals surface area contributed by atoms with Crippen LogP contribution in [0.25, 0.3) is 0 Å². The first-order valence-electron chi connectivity index (χ1n) is 9.00. The highest BCUT2D eigenvalue weighted by Crippen LogP contribution is 2.42. The number of rotatable bonds is 2. The fraction of sp³-hybridized carbons (Fsp3) is 0.304. The predicted molar refractivity (Wildman–Crippen MR) is 105 cm³/mol. The molecular formula is C23H25NO. The number of allylic oxidation sites excluding steroid dienone is 2. The Kier molecular flexibility index (Phi) is 3.91. The molecular weight excluding hydrogens is 306 g/mol. The third kappa shape index (κ3) is 3.21. The summed E-state index contributed by atoms with van der Waals surface area (Å²) in [5.41, 5.74) is 4.02. The Bertz CT molecular complexity index is 828. The monoisotopic (exact) mass is 331 g/mol. The van der Waals surface area contributed by atoms with Gasteiger partial charge < -0.3 is 9.64 Å². The predicted octanol–water partition coefficient (Wildman–Crippen LogP) is 5.67. The van der Waals surface area contributed by atoms with Crippen LogP contribution in [0.15, 0.2) is 72.8 Å². The Morgan fingerprint density at radius 3 is 2.60 bits per heavy atom. The number of anilines is 2. The van der Waals surface area contributed by atoms with Crippen molar-refractivity contribution in [3.63, 3.8) is 0 Å². The van der Waals surface area contributed by atoms with Crippen molar-refractivity contribution in [1.82, 2.24) is 0 Å². The summed E-state index contributed by atoms with van der Waals surface area (Å²) >= 11 is 0. The molecule has 4 rings (SSSR count). The molecule has 128 valence electrons. The standard InChI is InChI=1S/C23H25NO/c1-23(2,3)16-17-9-8-10-18(15-17)24-19-11-4-6-13-21(19)25-22-14-7-5-12-20(22)24/h4-15,19,21H,16H2,1-3H3. The van der Waals surface area contributed by atoms with Crippen molar-refractivity contribution in [3.05, 3.63) is 78.4 Å². The maximum absolute atomic E-state index is 6.22. The Balaban J connectivity index is 1.78. The minimum atomic E-state index is 0.0474. The van der Waals surface area contributed by atoms with Gasteiger partial charge in [0, 0.05) is 5.69 Å². The highest BCUT2D eigenvalue weighted by Gasteiger charge is 2.34. The largest absolute Gasteiger partial charge is 0.482 e. The molecule has 1 aliphatic carbocycles. The SMILES string of the molecule is CC(C)(C)Cc1cccc(N2c3ccccc3OC3C=CC=CC32)c1. The lowest BCUT2D eigenvalue weighted by atomic mass is 9.88. The van der Waals surface area contributed by atoms with Crippen LogP contribution in [-0.2, 0) is 6.42 Å².